The number of benzene rings is 2. The molecular formula is C18H14Cl2N4O. The molecule has 0 spiro atoms. The van der Waals surface area contributed by atoms with Crippen molar-refractivity contribution in [3.8, 4) is 0 Å². The molecule has 0 aliphatic rings. The first-order valence-electron chi connectivity index (χ1n) is 7.48. The molecule has 0 radical (unpaired) electrons. The number of carbonyl (C=O) groups excluding carboxylic acids is 1. The van der Waals surface area contributed by atoms with Crippen molar-refractivity contribution >= 4 is 40.6 Å². The molecule has 2 aromatic carbocycles. The highest BCUT2D eigenvalue weighted by atomic mass is 35.5. The Morgan fingerprint density at radius 1 is 0.960 bits per heavy atom. The van der Waals surface area contributed by atoms with Crippen molar-refractivity contribution < 1.29 is 4.79 Å². The third-order valence-corrected chi connectivity index (χ3v) is 4.05. The molecule has 7 heteroatoms. The van der Waals surface area contributed by atoms with E-state index in [2.05, 4.69) is 20.6 Å². The van der Waals surface area contributed by atoms with Gasteiger partial charge in [-0.05, 0) is 17.7 Å². The van der Waals surface area contributed by atoms with Crippen LogP contribution in [0.4, 0.5) is 11.5 Å². The van der Waals surface area contributed by atoms with Crippen LogP contribution in [0.25, 0.3) is 0 Å². The van der Waals surface area contributed by atoms with Gasteiger partial charge in [0.2, 0.25) is 0 Å². The zero-order chi connectivity index (χ0) is 17.6. The average Bonchev–Trinajstić information content (AvgIpc) is 2.64. The van der Waals surface area contributed by atoms with Gasteiger partial charge in [-0.25, -0.2) is 9.97 Å². The molecule has 2 N–H and O–H groups in total. The normalized spacial score (nSPS) is 10.3. The summed E-state index contributed by atoms with van der Waals surface area (Å²) < 4.78 is 0. The van der Waals surface area contributed by atoms with Crippen LogP contribution in [0.3, 0.4) is 0 Å². The van der Waals surface area contributed by atoms with Crippen molar-refractivity contribution in [3.05, 3.63) is 82.2 Å². The second kappa shape index (κ2) is 7.96. The molecular weight excluding hydrogens is 359 g/mol. The number of halogens is 2. The van der Waals surface area contributed by atoms with Gasteiger partial charge < -0.3 is 10.6 Å². The van der Waals surface area contributed by atoms with Gasteiger partial charge in [0.05, 0.1) is 15.7 Å². The fourth-order valence-electron chi connectivity index (χ4n) is 2.16. The molecule has 3 rings (SSSR count). The van der Waals surface area contributed by atoms with Crippen LogP contribution in [0.1, 0.15) is 16.1 Å². The molecule has 0 bridgehead atoms. The van der Waals surface area contributed by atoms with E-state index in [1.165, 1.54) is 6.33 Å². The number of carbonyl (C=O) groups is 1. The standard InChI is InChI=1S/C18H14Cl2N4O/c19-13-7-4-8-14(20)17(13)24-18(25)15-9-16(23-11-22-15)21-10-12-5-2-1-3-6-12/h1-9,11H,10H2,(H,24,25)(H,21,22,23). The minimum Gasteiger partial charge on any atom is -0.366 e. The van der Waals surface area contributed by atoms with E-state index in [4.69, 9.17) is 23.2 Å². The Hall–Kier alpha value is -2.63. The van der Waals surface area contributed by atoms with Gasteiger partial charge in [-0.1, -0.05) is 59.6 Å². The maximum absolute atomic E-state index is 12.4. The fraction of sp³-hybridized carbons (Fsp3) is 0.0556. The highest BCUT2D eigenvalue weighted by molar-refractivity contribution is 6.40. The fourth-order valence-corrected chi connectivity index (χ4v) is 2.65. The Kier molecular flexibility index (Phi) is 5.48. The second-order valence-electron chi connectivity index (χ2n) is 5.18. The summed E-state index contributed by atoms with van der Waals surface area (Å²) in [5, 5.41) is 6.55. The molecule has 0 saturated carbocycles. The van der Waals surface area contributed by atoms with E-state index in [0.29, 0.717) is 28.1 Å². The van der Waals surface area contributed by atoms with Crippen LogP contribution in [0.15, 0.2) is 60.9 Å². The van der Waals surface area contributed by atoms with Gasteiger partial charge in [-0.15, -0.1) is 0 Å². The first kappa shape index (κ1) is 17.2. The smallest absolute Gasteiger partial charge is 0.274 e. The van der Waals surface area contributed by atoms with E-state index < -0.39 is 5.91 Å². The van der Waals surface area contributed by atoms with E-state index >= 15 is 0 Å². The number of rotatable bonds is 5. The number of nitrogens with zero attached hydrogens (tertiary/aromatic N) is 2. The van der Waals surface area contributed by atoms with Gasteiger partial charge in [-0.3, -0.25) is 4.79 Å². The van der Waals surface area contributed by atoms with Crippen LogP contribution in [0, 0.1) is 0 Å². The Morgan fingerprint density at radius 3 is 2.40 bits per heavy atom. The number of anilines is 2. The second-order valence-corrected chi connectivity index (χ2v) is 5.99. The predicted molar refractivity (Wildman–Crippen MR) is 100 cm³/mol. The van der Waals surface area contributed by atoms with Crippen molar-refractivity contribution in [1.29, 1.82) is 0 Å². The zero-order valence-corrected chi connectivity index (χ0v) is 14.6. The molecule has 0 aliphatic carbocycles. The van der Waals surface area contributed by atoms with Gasteiger partial charge in [0.1, 0.15) is 17.8 Å². The summed E-state index contributed by atoms with van der Waals surface area (Å²) in [5.74, 6) is 0.134. The molecule has 126 valence electrons. The molecule has 25 heavy (non-hydrogen) atoms. The number of hydrogen-bond acceptors (Lipinski definition) is 4. The summed E-state index contributed by atoms with van der Waals surface area (Å²) in [6.07, 6.45) is 1.33. The van der Waals surface area contributed by atoms with E-state index in [1.54, 1.807) is 24.3 Å². The van der Waals surface area contributed by atoms with Crippen LogP contribution in [0.5, 0.6) is 0 Å². The van der Waals surface area contributed by atoms with E-state index in [1.807, 2.05) is 30.3 Å². The molecule has 0 atom stereocenters. The molecule has 3 aromatic rings. The molecule has 1 aromatic heterocycles. The van der Waals surface area contributed by atoms with Crippen LogP contribution in [-0.4, -0.2) is 15.9 Å². The summed E-state index contributed by atoms with van der Waals surface area (Å²) in [6, 6.07) is 16.5. The molecule has 0 aliphatic heterocycles. The van der Waals surface area contributed by atoms with Crippen LogP contribution >= 0.6 is 23.2 Å². The molecule has 1 amide bonds. The lowest BCUT2D eigenvalue weighted by molar-refractivity contribution is 0.102. The van der Waals surface area contributed by atoms with Crippen molar-refractivity contribution in [1.82, 2.24) is 9.97 Å². The van der Waals surface area contributed by atoms with Gasteiger partial charge in [-0.2, -0.15) is 0 Å². The number of nitrogens with one attached hydrogen (secondary N) is 2. The summed E-state index contributed by atoms with van der Waals surface area (Å²) >= 11 is 12.1. The first-order valence-corrected chi connectivity index (χ1v) is 8.24. The molecule has 0 fully saturated rings. The van der Waals surface area contributed by atoms with Crippen LogP contribution < -0.4 is 10.6 Å². The quantitative estimate of drug-likeness (QED) is 0.683. The lowest BCUT2D eigenvalue weighted by atomic mass is 10.2. The number of aromatic nitrogens is 2. The minimum absolute atomic E-state index is 0.210. The van der Waals surface area contributed by atoms with Crippen molar-refractivity contribution in [2.75, 3.05) is 10.6 Å². The van der Waals surface area contributed by atoms with Gasteiger partial charge in [0.25, 0.3) is 5.91 Å². The van der Waals surface area contributed by atoms with Gasteiger partial charge >= 0.3 is 0 Å². The summed E-state index contributed by atoms with van der Waals surface area (Å²) in [5.41, 5.74) is 1.67. The van der Waals surface area contributed by atoms with Crippen molar-refractivity contribution in [3.63, 3.8) is 0 Å². The SMILES string of the molecule is O=C(Nc1c(Cl)cccc1Cl)c1cc(NCc2ccccc2)ncn1. The maximum Gasteiger partial charge on any atom is 0.274 e. The molecule has 0 unspecified atom stereocenters. The summed E-state index contributed by atoms with van der Waals surface area (Å²) in [7, 11) is 0. The zero-order valence-electron chi connectivity index (χ0n) is 13.0. The third-order valence-electron chi connectivity index (χ3n) is 3.42. The Balaban J connectivity index is 1.71. The number of hydrogen-bond donors (Lipinski definition) is 2. The van der Waals surface area contributed by atoms with Crippen LogP contribution in [-0.2, 0) is 6.54 Å². The molecule has 5 nitrogen and oxygen atoms in total. The third kappa shape index (κ3) is 4.47. The highest BCUT2D eigenvalue weighted by Gasteiger charge is 2.13. The van der Waals surface area contributed by atoms with E-state index in [-0.39, 0.29) is 5.69 Å². The lowest BCUT2D eigenvalue weighted by Gasteiger charge is -2.10. The maximum atomic E-state index is 12.4. The molecule has 1 heterocycles. The number of para-hydroxylation sites is 1. The van der Waals surface area contributed by atoms with Gasteiger partial charge in [0.15, 0.2) is 0 Å². The molecule has 0 saturated heterocycles. The monoisotopic (exact) mass is 372 g/mol. The van der Waals surface area contributed by atoms with E-state index in [0.717, 1.165) is 5.56 Å². The topological polar surface area (TPSA) is 66.9 Å². The Morgan fingerprint density at radius 2 is 1.68 bits per heavy atom. The average molecular weight is 373 g/mol. The Bertz CT molecular complexity index is 867. The Labute approximate surface area is 155 Å². The van der Waals surface area contributed by atoms with Gasteiger partial charge in [0, 0.05) is 12.6 Å². The largest absolute Gasteiger partial charge is 0.366 e. The van der Waals surface area contributed by atoms with Crippen molar-refractivity contribution in [2.24, 2.45) is 0 Å². The first-order chi connectivity index (χ1) is 12.1. The lowest BCUT2D eigenvalue weighted by Crippen LogP contribution is -2.15. The van der Waals surface area contributed by atoms with Crippen molar-refractivity contribution in [2.45, 2.75) is 6.54 Å². The highest BCUT2D eigenvalue weighted by Crippen LogP contribution is 2.30. The van der Waals surface area contributed by atoms with Crippen LogP contribution in [0.2, 0.25) is 10.0 Å². The summed E-state index contributed by atoms with van der Waals surface area (Å²) in [4.78, 5) is 20.5. The van der Waals surface area contributed by atoms with E-state index in [9.17, 15) is 4.79 Å². The number of amides is 1. The minimum atomic E-state index is -0.417. The summed E-state index contributed by atoms with van der Waals surface area (Å²) in [6.45, 7) is 0.593. The predicted octanol–water partition coefficient (Wildman–Crippen LogP) is 4.65.